The lowest BCUT2D eigenvalue weighted by Gasteiger charge is -2.16. The maximum absolute atomic E-state index is 12.1. The van der Waals surface area contributed by atoms with E-state index in [1.54, 1.807) is 17.8 Å². The fraction of sp³-hybridized carbons (Fsp3) is 0.263. The number of carbonyl (C=O) groups excluding carboxylic acids is 1. The van der Waals surface area contributed by atoms with Gasteiger partial charge in [-0.3, -0.25) is 10.1 Å². The summed E-state index contributed by atoms with van der Waals surface area (Å²) in [5.74, 6) is 0.499. The third-order valence-corrected chi connectivity index (χ3v) is 4.63. The van der Waals surface area contributed by atoms with Gasteiger partial charge in [0.2, 0.25) is 5.13 Å². The van der Waals surface area contributed by atoms with E-state index in [1.165, 1.54) is 28.0 Å². The number of pyridine rings is 1. The van der Waals surface area contributed by atoms with Crippen molar-refractivity contribution >= 4 is 28.2 Å². The van der Waals surface area contributed by atoms with Crippen LogP contribution >= 0.6 is 11.3 Å². The predicted octanol–water partition coefficient (Wildman–Crippen LogP) is 3.85. The summed E-state index contributed by atoms with van der Waals surface area (Å²) in [5.41, 5.74) is 5.94. The summed E-state index contributed by atoms with van der Waals surface area (Å²) in [5, 5.41) is 14.0. The van der Waals surface area contributed by atoms with Gasteiger partial charge in [0.15, 0.2) is 0 Å². The van der Waals surface area contributed by atoms with Crippen LogP contribution in [-0.4, -0.2) is 27.1 Å². The Kier molecular flexibility index (Phi) is 5.58. The van der Waals surface area contributed by atoms with Crippen LogP contribution in [0.25, 0.3) is 0 Å². The van der Waals surface area contributed by atoms with Crippen molar-refractivity contribution in [2.45, 2.75) is 33.2 Å². The molecular formula is C19H21N5OS. The van der Waals surface area contributed by atoms with Crippen molar-refractivity contribution in [3.8, 4) is 0 Å². The second kappa shape index (κ2) is 8.05. The predicted molar refractivity (Wildman–Crippen MR) is 105 cm³/mol. The molecule has 1 atom stereocenters. The third kappa shape index (κ3) is 4.64. The zero-order valence-electron chi connectivity index (χ0n) is 15.0. The van der Waals surface area contributed by atoms with Crippen LogP contribution in [0.5, 0.6) is 0 Å². The molecule has 1 aromatic carbocycles. The zero-order valence-corrected chi connectivity index (χ0v) is 15.8. The summed E-state index contributed by atoms with van der Waals surface area (Å²) in [6, 6.07) is 10.3. The standard InChI is InChI=1S/C19H21N5OS/c1-12-4-5-15(13(2)8-12)9-14(3)22-17-7-6-16(10-20-17)18(25)23-19-24-21-11-26-19/h4-8,10-11,14H,9H2,1-3H3,(H,20,22)(H,23,24,25). The largest absolute Gasteiger partial charge is 0.367 e. The van der Waals surface area contributed by atoms with E-state index in [1.807, 2.05) is 6.07 Å². The number of hydrogen-bond donors (Lipinski definition) is 2. The van der Waals surface area contributed by atoms with Crippen LogP contribution in [-0.2, 0) is 6.42 Å². The molecule has 1 amide bonds. The molecule has 3 aromatic rings. The molecule has 0 aliphatic heterocycles. The first-order valence-corrected chi connectivity index (χ1v) is 9.25. The highest BCUT2D eigenvalue weighted by Crippen LogP contribution is 2.15. The molecule has 26 heavy (non-hydrogen) atoms. The Hall–Kier alpha value is -2.80. The average molecular weight is 367 g/mol. The minimum Gasteiger partial charge on any atom is -0.367 e. The van der Waals surface area contributed by atoms with Crippen molar-refractivity contribution in [3.05, 3.63) is 64.3 Å². The van der Waals surface area contributed by atoms with Crippen LogP contribution in [0, 0.1) is 13.8 Å². The van der Waals surface area contributed by atoms with Gasteiger partial charge in [0, 0.05) is 12.2 Å². The van der Waals surface area contributed by atoms with Crippen molar-refractivity contribution < 1.29 is 4.79 Å². The van der Waals surface area contributed by atoms with Gasteiger partial charge in [-0.15, -0.1) is 10.2 Å². The Balaban J connectivity index is 1.59. The van der Waals surface area contributed by atoms with Gasteiger partial charge in [0.05, 0.1) is 5.56 Å². The number of amides is 1. The number of anilines is 2. The van der Waals surface area contributed by atoms with Gasteiger partial charge in [0.1, 0.15) is 11.3 Å². The molecule has 7 heteroatoms. The van der Waals surface area contributed by atoms with E-state index < -0.39 is 0 Å². The maximum Gasteiger partial charge on any atom is 0.259 e. The minimum atomic E-state index is -0.246. The van der Waals surface area contributed by atoms with E-state index in [-0.39, 0.29) is 11.9 Å². The number of carbonyl (C=O) groups is 1. The molecule has 0 saturated carbocycles. The fourth-order valence-electron chi connectivity index (χ4n) is 2.72. The molecule has 0 fully saturated rings. The van der Waals surface area contributed by atoms with Crippen molar-refractivity contribution in [1.29, 1.82) is 0 Å². The molecular weight excluding hydrogens is 346 g/mol. The molecule has 0 spiro atoms. The topological polar surface area (TPSA) is 79.8 Å². The lowest BCUT2D eigenvalue weighted by atomic mass is 10.00. The molecule has 2 N–H and O–H groups in total. The van der Waals surface area contributed by atoms with E-state index >= 15 is 0 Å². The number of aromatic nitrogens is 3. The molecule has 0 aliphatic rings. The molecule has 2 heterocycles. The van der Waals surface area contributed by atoms with Gasteiger partial charge in [-0.1, -0.05) is 35.1 Å². The second-order valence-corrected chi connectivity index (χ2v) is 7.14. The van der Waals surface area contributed by atoms with Crippen molar-refractivity contribution in [1.82, 2.24) is 15.2 Å². The van der Waals surface area contributed by atoms with Crippen LogP contribution in [0.2, 0.25) is 0 Å². The highest BCUT2D eigenvalue weighted by Gasteiger charge is 2.10. The van der Waals surface area contributed by atoms with E-state index in [0.717, 1.165) is 12.2 Å². The van der Waals surface area contributed by atoms with Crippen LogP contribution in [0.3, 0.4) is 0 Å². The summed E-state index contributed by atoms with van der Waals surface area (Å²) in [6.45, 7) is 6.36. The van der Waals surface area contributed by atoms with Crippen LogP contribution in [0.4, 0.5) is 10.9 Å². The molecule has 2 aromatic heterocycles. The number of nitrogens with zero attached hydrogens (tertiary/aromatic N) is 3. The molecule has 6 nitrogen and oxygen atoms in total. The van der Waals surface area contributed by atoms with E-state index in [2.05, 4.69) is 64.8 Å². The Labute approximate surface area is 156 Å². The number of nitrogens with one attached hydrogen (secondary N) is 2. The lowest BCUT2D eigenvalue weighted by molar-refractivity contribution is 0.102. The fourth-order valence-corrected chi connectivity index (χ4v) is 3.16. The molecule has 1 unspecified atom stereocenters. The molecule has 3 rings (SSSR count). The summed E-state index contributed by atoms with van der Waals surface area (Å²) >= 11 is 1.27. The number of rotatable bonds is 6. The Morgan fingerprint density at radius 1 is 1.23 bits per heavy atom. The van der Waals surface area contributed by atoms with Crippen LogP contribution in [0.15, 0.2) is 42.0 Å². The zero-order chi connectivity index (χ0) is 18.5. The Morgan fingerprint density at radius 3 is 2.73 bits per heavy atom. The van der Waals surface area contributed by atoms with Gasteiger partial charge < -0.3 is 5.32 Å². The quantitative estimate of drug-likeness (QED) is 0.692. The summed E-state index contributed by atoms with van der Waals surface area (Å²) in [7, 11) is 0. The molecule has 134 valence electrons. The number of aryl methyl sites for hydroxylation is 2. The Morgan fingerprint density at radius 2 is 2.08 bits per heavy atom. The Bertz CT molecular complexity index is 877. The number of benzene rings is 1. The summed E-state index contributed by atoms with van der Waals surface area (Å²) in [4.78, 5) is 16.5. The molecule has 0 radical (unpaired) electrons. The normalized spacial score (nSPS) is 11.8. The third-order valence-electron chi connectivity index (χ3n) is 4.02. The van der Waals surface area contributed by atoms with E-state index in [4.69, 9.17) is 0 Å². The maximum atomic E-state index is 12.1. The molecule has 0 saturated heterocycles. The van der Waals surface area contributed by atoms with Gasteiger partial charge in [-0.05, 0) is 50.5 Å². The van der Waals surface area contributed by atoms with Crippen LogP contribution < -0.4 is 10.6 Å². The number of hydrogen-bond acceptors (Lipinski definition) is 6. The lowest BCUT2D eigenvalue weighted by Crippen LogP contribution is -2.19. The van der Waals surface area contributed by atoms with E-state index in [0.29, 0.717) is 10.7 Å². The first-order valence-electron chi connectivity index (χ1n) is 8.37. The highest BCUT2D eigenvalue weighted by atomic mass is 32.1. The van der Waals surface area contributed by atoms with Crippen molar-refractivity contribution in [2.24, 2.45) is 0 Å². The van der Waals surface area contributed by atoms with Gasteiger partial charge in [-0.25, -0.2) is 4.98 Å². The summed E-state index contributed by atoms with van der Waals surface area (Å²) < 4.78 is 0. The van der Waals surface area contributed by atoms with Crippen LogP contribution in [0.1, 0.15) is 34.0 Å². The van der Waals surface area contributed by atoms with Crippen molar-refractivity contribution in [3.63, 3.8) is 0 Å². The van der Waals surface area contributed by atoms with E-state index in [9.17, 15) is 4.79 Å². The van der Waals surface area contributed by atoms with Gasteiger partial charge in [0.25, 0.3) is 5.91 Å². The van der Waals surface area contributed by atoms with Crippen molar-refractivity contribution in [2.75, 3.05) is 10.6 Å². The first kappa shape index (κ1) is 18.0. The molecule has 0 aliphatic carbocycles. The first-order chi connectivity index (χ1) is 12.5. The highest BCUT2D eigenvalue weighted by molar-refractivity contribution is 7.13. The average Bonchev–Trinajstić information content (AvgIpc) is 3.11. The summed E-state index contributed by atoms with van der Waals surface area (Å²) in [6.07, 6.45) is 2.47. The van der Waals surface area contributed by atoms with Gasteiger partial charge >= 0.3 is 0 Å². The smallest absolute Gasteiger partial charge is 0.259 e. The SMILES string of the molecule is Cc1ccc(CC(C)Nc2ccc(C(=O)Nc3nncs3)cn2)c(C)c1. The molecule has 0 bridgehead atoms. The minimum absolute atomic E-state index is 0.227. The van der Waals surface area contributed by atoms with Gasteiger partial charge in [-0.2, -0.15) is 0 Å². The monoisotopic (exact) mass is 367 g/mol. The second-order valence-electron chi connectivity index (χ2n) is 6.31.